The lowest BCUT2D eigenvalue weighted by molar-refractivity contribution is -0.591. The number of hydrogen-bond donors (Lipinski definition) is 2. The van der Waals surface area contributed by atoms with E-state index in [-0.39, 0.29) is 22.9 Å². The lowest BCUT2D eigenvalue weighted by Crippen LogP contribution is -2.56. The van der Waals surface area contributed by atoms with Crippen molar-refractivity contribution < 1.29 is 19.5 Å². The summed E-state index contributed by atoms with van der Waals surface area (Å²) in [6, 6.07) is 6.23. The van der Waals surface area contributed by atoms with Gasteiger partial charge in [-0.1, -0.05) is 31.6 Å². The van der Waals surface area contributed by atoms with Gasteiger partial charge in [0.15, 0.2) is 18.2 Å². The highest BCUT2D eigenvalue weighted by Gasteiger charge is 2.64. The molecule has 4 nitrogen and oxygen atoms in total. The van der Waals surface area contributed by atoms with E-state index >= 15 is 0 Å². The van der Waals surface area contributed by atoms with E-state index < -0.39 is 6.10 Å². The Kier molecular flexibility index (Phi) is 4.86. The highest BCUT2D eigenvalue weighted by atomic mass is 16.5. The molecule has 30 heavy (non-hydrogen) atoms. The number of hydrogen-bond acceptors (Lipinski definition) is 3. The van der Waals surface area contributed by atoms with E-state index in [2.05, 4.69) is 55.1 Å². The van der Waals surface area contributed by atoms with Crippen LogP contribution in [0.15, 0.2) is 48.0 Å². The smallest absolute Gasteiger partial charge is 0.231 e. The zero-order valence-electron chi connectivity index (χ0n) is 18.6. The maximum Gasteiger partial charge on any atom is 0.231 e. The van der Waals surface area contributed by atoms with Crippen molar-refractivity contribution in [3.63, 3.8) is 0 Å². The minimum absolute atomic E-state index is 0.0371. The van der Waals surface area contributed by atoms with Gasteiger partial charge in [0.25, 0.3) is 0 Å². The molecule has 4 aliphatic rings. The molecule has 0 amide bonds. The largest absolute Gasteiger partial charge is 0.495 e. The molecule has 0 saturated heterocycles. The van der Waals surface area contributed by atoms with Crippen LogP contribution in [0.4, 0.5) is 0 Å². The molecule has 0 radical (unpaired) electrons. The molecule has 7 unspecified atom stereocenters. The van der Waals surface area contributed by atoms with Crippen molar-refractivity contribution in [3.8, 4) is 0 Å². The summed E-state index contributed by atoms with van der Waals surface area (Å²) in [7, 11) is 1.80. The Hall–Kier alpha value is -1.65. The number of rotatable bonds is 3. The SMILES string of the molecule is CCC12CCC3C(C(O)C=C4CC(O)CCC43C)C1CC(OC)=C2[n+]1ccccc1. The van der Waals surface area contributed by atoms with Gasteiger partial charge in [0, 0.05) is 18.6 Å². The molecule has 162 valence electrons. The minimum atomic E-state index is -0.433. The van der Waals surface area contributed by atoms with Gasteiger partial charge < -0.3 is 14.9 Å². The third-order valence-electron chi connectivity index (χ3n) is 9.30. The molecule has 0 aliphatic heterocycles. The molecule has 2 N–H and O–H groups in total. The summed E-state index contributed by atoms with van der Waals surface area (Å²) in [5.74, 6) is 2.19. The fourth-order valence-electron chi connectivity index (χ4n) is 7.81. The van der Waals surface area contributed by atoms with E-state index in [1.165, 1.54) is 11.3 Å². The Bertz CT molecular complexity index is 878. The molecule has 1 aromatic heterocycles. The van der Waals surface area contributed by atoms with Gasteiger partial charge in [-0.15, -0.1) is 0 Å². The van der Waals surface area contributed by atoms with Crippen molar-refractivity contribution in [3.05, 3.63) is 48.0 Å². The van der Waals surface area contributed by atoms with Gasteiger partial charge in [0.05, 0.1) is 24.7 Å². The van der Waals surface area contributed by atoms with Crippen LogP contribution in [0.3, 0.4) is 0 Å². The van der Waals surface area contributed by atoms with Gasteiger partial charge in [-0.05, 0) is 61.7 Å². The van der Waals surface area contributed by atoms with Gasteiger partial charge >= 0.3 is 0 Å². The van der Waals surface area contributed by atoms with Crippen molar-refractivity contribution in [2.45, 2.75) is 71.0 Å². The van der Waals surface area contributed by atoms with Crippen LogP contribution < -0.4 is 4.57 Å². The number of ether oxygens (including phenoxy) is 1. The van der Waals surface area contributed by atoms with Crippen molar-refractivity contribution in [1.82, 2.24) is 0 Å². The van der Waals surface area contributed by atoms with E-state index in [0.29, 0.717) is 11.8 Å². The van der Waals surface area contributed by atoms with E-state index in [1.807, 2.05) is 0 Å². The number of allylic oxidation sites excluding steroid dienone is 2. The van der Waals surface area contributed by atoms with E-state index in [0.717, 1.165) is 50.7 Å². The predicted molar refractivity (Wildman–Crippen MR) is 116 cm³/mol. The topological polar surface area (TPSA) is 53.6 Å². The Morgan fingerprint density at radius 3 is 2.53 bits per heavy atom. The quantitative estimate of drug-likeness (QED) is 0.583. The van der Waals surface area contributed by atoms with E-state index in [1.54, 1.807) is 7.11 Å². The van der Waals surface area contributed by atoms with Gasteiger partial charge in [-0.3, -0.25) is 0 Å². The van der Waals surface area contributed by atoms with Crippen molar-refractivity contribution in [2.24, 2.45) is 28.6 Å². The lowest BCUT2D eigenvalue weighted by Gasteiger charge is -2.58. The maximum atomic E-state index is 11.4. The number of pyridine rings is 1. The van der Waals surface area contributed by atoms with Crippen molar-refractivity contribution in [1.29, 1.82) is 0 Å². The molecule has 7 atom stereocenters. The molecular formula is C26H36NO3+. The lowest BCUT2D eigenvalue weighted by atomic mass is 9.46. The predicted octanol–water partition coefficient (Wildman–Crippen LogP) is 4.08. The Labute approximate surface area is 180 Å². The van der Waals surface area contributed by atoms with E-state index in [9.17, 15) is 10.2 Å². The second-order valence-electron chi connectivity index (χ2n) is 10.3. The molecule has 0 bridgehead atoms. The second-order valence-corrected chi connectivity index (χ2v) is 10.3. The highest BCUT2D eigenvalue weighted by Crippen LogP contribution is 2.67. The summed E-state index contributed by atoms with van der Waals surface area (Å²) in [5.41, 5.74) is 2.76. The molecule has 2 saturated carbocycles. The first-order chi connectivity index (χ1) is 14.4. The number of nitrogens with zero attached hydrogens (tertiary/aromatic N) is 1. The van der Waals surface area contributed by atoms with Crippen LogP contribution in [0.5, 0.6) is 0 Å². The summed E-state index contributed by atoms with van der Waals surface area (Å²) >= 11 is 0. The van der Waals surface area contributed by atoms with Crippen LogP contribution in [-0.4, -0.2) is 29.5 Å². The molecule has 0 aromatic carbocycles. The first-order valence-electron chi connectivity index (χ1n) is 11.8. The molecule has 1 heterocycles. The zero-order valence-corrected chi connectivity index (χ0v) is 18.6. The fourth-order valence-corrected chi connectivity index (χ4v) is 7.81. The number of aliphatic hydroxyl groups excluding tert-OH is 2. The fraction of sp³-hybridized carbons (Fsp3) is 0.654. The number of methoxy groups -OCH3 is 1. The molecule has 1 aromatic rings. The van der Waals surface area contributed by atoms with Gasteiger partial charge in [-0.25, -0.2) is 0 Å². The normalized spacial score (nSPS) is 42.8. The Morgan fingerprint density at radius 1 is 1.07 bits per heavy atom. The van der Waals surface area contributed by atoms with Crippen LogP contribution in [0.2, 0.25) is 0 Å². The van der Waals surface area contributed by atoms with Crippen LogP contribution >= 0.6 is 0 Å². The summed E-state index contributed by atoms with van der Waals surface area (Å²) in [6.45, 7) is 4.71. The molecule has 4 heteroatoms. The maximum absolute atomic E-state index is 11.4. The minimum Gasteiger partial charge on any atom is -0.495 e. The number of fused-ring (bicyclic) bond motifs is 5. The van der Waals surface area contributed by atoms with Gasteiger partial charge in [0.1, 0.15) is 0 Å². The summed E-state index contributed by atoms with van der Waals surface area (Å²) in [5, 5.41) is 21.6. The standard InChI is InChI=1S/C26H36NO3/c1-4-26-11-9-19-23(21(29)15-17-14-18(28)8-10-25(17,19)2)20(26)16-22(30-3)24(26)27-12-6-5-7-13-27/h5-7,12-13,15,18-21,23,28-29H,4,8-11,14,16H2,1-3H3/q+1. The monoisotopic (exact) mass is 410 g/mol. The Morgan fingerprint density at radius 2 is 1.83 bits per heavy atom. The zero-order chi connectivity index (χ0) is 21.1. The third kappa shape index (κ3) is 2.69. The van der Waals surface area contributed by atoms with Crippen LogP contribution in [0, 0.1) is 28.6 Å². The van der Waals surface area contributed by atoms with Crippen molar-refractivity contribution >= 4 is 5.70 Å². The van der Waals surface area contributed by atoms with Crippen LogP contribution in [0.1, 0.15) is 58.8 Å². The first kappa shape index (κ1) is 20.3. The third-order valence-corrected chi connectivity index (χ3v) is 9.30. The Balaban J connectivity index is 1.59. The highest BCUT2D eigenvalue weighted by molar-refractivity contribution is 5.52. The van der Waals surface area contributed by atoms with Gasteiger partial charge in [-0.2, -0.15) is 4.57 Å². The average molecular weight is 411 g/mol. The molecule has 5 rings (SSSR count). The summed E-state index contributed by atoms with van der Waals surface area (Å²) in [4.78, 5) is 0. The second kappa shape index (κ2) is 7.20. The number of aliphatic hydroxyl groups is 2. The molecule has 2 fully saturated rings. The molecule has 4 aliphatic carbocycles. The number of aromatic nitrogens is 1. The van der Waals surface area contributed by atoms with E-state index in [4.69, 9.17) is 4.74 Å². The average Bonchev–Trinajstić information content (AvgIpc) is 3.10. The van der Waals surface area contributed by atoms with Gasteiger partial charge in [0.2, 0.25) is 5.70 Å². The van der Waals surface area contributed by atoms with Crippen LogP contribution in [-0.2, 0) is 4.74 Å². The molecule has 0 spiro atoms. The molecular weight excluding hydrogens is 374 g/mol. The van der Waals surface area contributed by atoms with Crippen molar-refractivity contribution in [2.75, 3.05) is 7.11 Å². The summed E-state index contributed by atoms with van der Waals surface area (Å²) in [6.07, 6.45) is 12.6. The first-order valence-corrected chi connectivity index (χ1v) is 11.8. The summed E-state index contributed by atoms with van der Waals surface area (Å²) < 4.78 is 8.25. The van der Waals surface area contributed by atoms with Crippen LogP contribution in [0.25, 0.3) is 5.70 Å².